The third-order valence-electron chi connectivity index (χ3n) is 5.22. The topological polar surface area (TPSA) is 30.5 Å². The van der Waals surface area contributed by atoms with E-state index in [0.717, 1.165) is 23.6 Å². The number of methoxy groups -OCH3 is 2. The van der Waals surface area contributed by atoms with E-state index in [-0.39, 0.29) is 18.4 Å². The van der Waals surface area contributed by atoms with Crippen molar-refractivity contribution in [2.24, 2.45) is 0 Å². The standard InChI is InChI=1S/C26H25NO2.ClH/c1-28-21-15-16-26(29-2)25(18-21)27-24(17-19-9-4-3-5-10-19)23-14-8-12-20-11-6-7-13-22(20)23;/h3-16,18,24,27H,17H2,1-2H3;1H. The Kier molecular flexibility index (Phi) is 7.21. The predicted molar refractivity (Wildman–Crippen MR) is 127 cm³/mol. The minimum absolute atomic E-state index is 0. The van der Waals surface area contributed by atoms with Crippen LogP contribution in [0.2, 0.25) is 0 Å². The molecule has 0 amide bonds. The van der Waals surface area contributed by atoms with Crippen molar-refractivity contribution in [1.29, 1.82) is 0 Å². The number of nitrogens with one attached hydrogen (secondary N) is 1. The third kappa shape index (κ3) is 4.69. The van der Waals surface area contributed by atoms with Crippen LogP contribution in [0.4, 0.5) is 5.69 Å². The first-order valence-corrected chi connectivity index (χ1v) is 9.78. The van der Waals surface area contributed by atoms with E-state index in [1.807, 2.05) is 18.2 Å². The van der Waals surface area contributed by atoms with Crippen molar-refractivity contribution in [2.75, 3.05) is 19.5 Å². The highest BCUT2D eigenvalue weighted by Crippen LogP contribution is 2.35. The van der Waals surface area contributed by atoms with Gasteiger partial charge in [-0.2, -0.15) is 0 Å². The molecule has 0 aliphatic heterocycles. The van der Waals surface area contributed by atoms with Crippen molar-refractivity contribution in [2.45, 2.75) is 12.5 Å². The van der Waals surface area contributed by atoms with E-state index in [9.17, 15) is 0 Å². The Morgan fingerprint density at radius 1 is 0.767 bits per heavy atom. The summed E-state index contributed by atoms with van der Waals surface area (Å²) in [5.41, 5.74) is 3.46. The molecule has 0 aliphatic carbocycles. The van der Waals surface area contributed by atoms with Gasteiger partial charge in [-0.25, -0.2) is 0 Å². The first-order valence-electron chi connectivity index (χ1n) is 9.78. The average Bonchev–Trinajstić information content (AvgIpc) is 2.79. The Balaban J connectivity index is 0.00000256. The molecular weight excluding hydrogens is 394 g/mol. The second kappa shape index (κ2) is 10.0. The van der Waals surface area contributed by atoms with E-state index in [2.05, 4.69) is 78.1 Å². The summed E-state index contributed by atoms with van der Waals surface area (Å²) in [5.74, 6) is 1.59. The summed E-state index contributed by atoms with van der Waals surface area (Å²) < 4.78 is 11.0. The summed E-state index contributed by atoms with van der Waals surface area (Å²) in [6.45, 7) is 0. The van der Waals surface area contributed by atoms with Crippen LogP contribution in [-0.2, 0) is 6.42 Å². The van der Waals surface area contributed by atoms with Gasteiger partial charge in [0.05, 0.1) is 25.9 Å². The number of halogens is 1. The molecule has 3 nitrogen and oxygen atoms in total. The lowest BCUT2D eigenvalue weighted by molar-refractivity contribution is 0.404. The van der Waals surface area contributed by atoms with Crippen LogP contribution in [0, 0.1) is 0 Å². The lowest BCUT2D eigenvalue weighted by atomic mass is 9.93. The van der Waals surface area contributed by atoms with Gasteiger partial charge >= 0.3 is 0 Å². The van der Waals surface area contributed by atoms with E-state index in [4.69, 9.17) is 9.47 Å². The van der Waals surface area contributed by atoms with Gasteiger partial charge in [0.2, 0.25) is 0 Å². The fourth-order valence-electron chi connectivity index (χ4n) is 3.76. The maximum Gasteiger partial charge on any atom is 0.142 e. The van der Waals surface area contributed by atoms with Crippen LogP contribution in [0.1, 0.15) is 17.2 Å². The second-order valence-electron chi connectivity index (χ2n) is 7.02. The number of ether oxygens (including phenoxy) is 2. The molecule has 1 N–H and O–H groups in total. The fourth-order valence-corrected chi connectivity index (χ4v) is 3.76. The van der Waals surface area contributed by atoms with Crippen molar-refractivity contribution in [1.82, 2.24) is 0 Å². The number of rotatable bonds is 7. The Labute approximate surface area is 184 Å². The highest BCUT2D eigenvalue weighted by atomic mass is 35.5. The van der Waals surface area contributed by atoms with Gasteiger partial charge < -0.3 is 14.8 Å². The van der Waals surface area contributed by atoms with Gasteiger partial charge in [0.1, 0.15) is 11.5 Å². The molecule has 0 saturated heterocycles. The Hall–Kier alpha value is -3.17. The molecule has 4 aromatic carbocycles. The second-order valence-corrected chi connectivity index (χ2v) is 7.02. The molecule has 1 atom stereocenters. The zero-order valence-electron chi connectivity index (χ0n) is 17.2. The highest BCUT2D eigenvalue weighted by molar-refractivity contribution is 5.86. The molecule has 1 unspecified atom stereocenters. The number of anilines is 1. The summed E-state index contributed by atoms with van der Waals surface area (Å²) >= 11 is 0. The maximum atomic E-state index is 5.60. The average molecular weight is 420 g/mol. The van der Waals surface area contributed by atoms with Gasteiger partial charge in [-0.15, -0.1) is 12.4 Å². The van der Waals surface area contributed by atoms with E-state index in [1.165, 1.54) is 21.9 Å². The fraction of sp³-hybridized carbons (Fsp3) is 0.154. The van der Waals surface area contributed by atoms with Crippen molar-refractivity contribution >= 4 is 28.9 Å². The quantitative estimate of drug-likeness (QED) is 0.362. The van der Waals surface area contributed by atoms with Crippen LogP contribution in [0.3, 0.4) is 0 Å². The minimum atomic E-state index is 0. The Morgan fingerprint density at radius 2 is 1.50 bits per heavy atom. The smallest absolute Gasteiger partial charge is 0.142 e. The van der Waals surface area contributed by atoms with Crippen molar-refractivity contribution < 1.29 is 9.47 Å². The normalized spacial score (nSPS) is 11.4. The minimum Gasteiger partial charge on any atom is -0.497 e. The molecule has 154 valence electrons. The van der Waals surface area contributed by atoms with Gasteiger partial charge in [-0.3, -0.25) is 0 Å². The molecule has 0 bridgehead atoms. The molecule has 0 aliphatic rings. The van der Waals surface area contributed by atoms with Crippen LogP contribution in [-0.4, -0.2) is 14.2 Å². The zero-order chi connectivity index (χ0) is 20.1. The Bertz CT molecular complexity index is 1090. The lowest BCUT2D eigenvalue weighted by Crippen LogP contribution is -2.15. The molecule has 0 heterocycles. The van der Waals surface area contributed by atoms with Crippen LogP contribution in [0.15, 0.2) is 91.0 Å². The van der Waals surface area contributed by atoms with Crippen LogP contribution in [0.5, 0.6) is 11.5 Å². The summed E-state index contributed by atoms with van der Waals surface area (Å²) in [5, 5.41) is 6.22. The van der Waals surface area contributed by atoms with Crippen LogP contribution in [0.25, 0.3) is 10.8 Å². The molecular formula is C26H26ClNO2. The molecule has 0 radical (unpaired) electrons. The molecule has 4 rings (SSSR count). The zero-order valence-corrected chi connectivity index (χ0v) is 18.0. The summed E-state index contributed by atoms with van der Waals surface area (Å²) in [7, 11) is 3.37. The summed E-state index contributed by atoms with van der Waals surface area (Å²) in [6, 6.07) is 31.5. The molecule has 0 fully saturated rings. The summed E-state index contributed by atoms with van der Waals surface area (Å²) in [6.07, 6.45) is 0.856. The number of benzene rings is 4. The molecule has 4 aromatic rings. The number of hydrogen-bond acceptors (Lipinski definition) is 3. The molecule has 0 spiro atoms. The molecule has 4 heteroatoms. The van der Waals surface area contributed by atoms with Crippen molar-refractivity contribution in [3.05, 3.63) is 102 Å². The van der Waals surface area contributed by atoms with E-state index in [1.54, 1.807) is 14.2 Å². The maximum absolute atomic E-state index is 5.60. The predicted octanol–water partition coefficient (Wildman–Crippen LogP) is 6.67. The molecule has 0 saturated carbocycles. The van der Waals surface area contributed by atoms with E-state index >= 15 is 0 Å². The first-order chi connectivity index (χ1) is 14.3. The highest BCUT2D eigenvalue weighted by Gasteiger charge is 2.17. The van der Waals surface area contributed by atoms with Gasteiger partial charge in [-0.05, 0) is 40.5 Å². The van der Waals surface area contributed by atoms with Gasteiger partial charge in [-0.1, -0.05) is 72.8 Å². The molecule has 0 aromatic heterocycles. The largest absolute Gasteiger partial charge is 0.497 e. The SMILES string of the molecule is COc1ccc(OC)c(NC(Cc2ccccc2)c2cccc3ccccc23)c1.Cl. The number of fused-ring (bicyclic) bond motifs is 1. The van der Waals surface area contributed by atoms with Gasteiger partial charge in [0.15, 0.2) is 0 Å². The van der Waals surface area contributed by atoms with Crippen molar-refractivity contribution in [3.8, 4) is 11.5 Å². The lowest BCUT2D eigenvalue weighted by Gasteiger charge is -2.24. The number of hydrogen-bond donors (Lipinski definition) is 1. The Morgan fingerprint density at radius 3 is 2.27 bits per heavy atom. The van der Waals surface area contributed by atoms with Crippen LogP contribution < -0.4 is 14.8 Å². The van der Waals surface area contributed by atoms with Gasteiger partial charge in [0, 0.05) is 6.07 Å². The van der Waals surface area contributed by atoms with Gasteiger partial charge in [0.25, 0.3) is 0 Å². The van der Waals surface area contributed by atoms with E-state index in [0.29, 0.717) is 0 Å². The summed E-state index contributed by atoms with van der Waals surface area (Å²) in [4.78, 5) is 0. The van der Waals surface area contributed by atoms with E-state index < -0.39 is 0 Å². The third-order valence-corrected chi connectivity index (χ3v) is 5.22. The monoisotopic (exact) mass is 419 g/mol. The van der Waals surface area contributed by atoms with Crippen molar-refractivity contribution in [3.63, 3.8) is 0 Å². The first kappa shape index (κ1) is 21.5. The van der Waals surface area contributed by atoms with Crippen LogP contribution >= 0.6 is 12.4 Å². The molecule has 30 heavy (non-hydrogen) atoms.